The van der Waals surface area contributed by atoms with Crippen LogP contribution < -0.4 is 5.56 Å². The van der Waals surface area contributed by atoms with Gasteiger partial charge in [0.05, 0.1) is 11.1 Å². The number of hydrogen-bond acceptors (Lipinski definition) is 1. The first-order chi connectivity index (χ1) is 12.2. The summed E-state index contributed by atoms with van der Waals surface area (Å²) in [7, 11) is 1.86. The van der Waals surface area contributed by atoms with Gasteiger partial charge in [-0.1, -0.05) is 78.9 Å². The van der Waals surface area contributed by atoms with Gasteiger partial charge in [0.1, 0.15) is 0 Å². The Morgan fingerprint density at radius 1 is 0.680 bits per heavy atom. The molecule has 0 amide bonds. The maximum atomic E-state index is 13.3. The van der Waals surface area contributed by atoms with Crippen LogP contribution in [0.3, 0.4) is 0 Å². The van der Waals surface area contributed by atoms with Crippen LogP contribution in [0.25, 0.3) is 33.2 Å². The maximum Gasteiger partial charge on any atom is 0.259 e. The van der Waals surface area contributed by atoms with Crippen molar-refractivity contribution >= 4 is 10.9 Å². The number of nitrogens with zero attached hydrogens (tertiary/aromatic N) is 1. The van der Waals surface area contributed by atoms with Crippen LogP contribution in [-0.2, 0) is 7.05 Å². The highest BCUT2D eigenvalue weighted by Crippen LogP contribution is 2.36. The molecule has 2 nitrogen and oxygen atoms in total. The van der Waals surface area contributed by atoms with E-state index >= 15 is 0 Å². The topological polar surface area (TPSA) is 22.0 Å². The molecule has 4 rings (SSSR count). The average molecular weight is 325 g/mol. The van der Waals surface area contributed by atoms with Gasteiger partial charge in [-0.3, -0.25) is 4.79 Å². The molecule has 1 heterocycles. The Morgan fingerprint density at radius 2 is 1.24 bits per heavy atom. The smallest absolute Gasteiger partial charge is 0.259 e. The SMILES string of the molecule is Cc1cccc2c(-c3ccccc3)c(-c3ccccc3)c(=O)n(C)c12. The quantitative estimate of drug-likeness (QED) is 0.498. The van der Waals surface area contributed by atoms with Crippen LogP contribution >= 0.6 is 0 Å². The normalized spacial score (nSPS) is 11.0. The molecule has 0 saturated heterocycles. The van der Waals surface area contributed by atoms with Crippen molar-refractivity contribution in [2.24, 2.45) is 7.05 Å². The van der Waals surface area contributed by atoms with Crippen LogP contribution in [0.15, 0.2) is 83.7 Å². The minimum Gasteiger partial charge on any atom is -0.311 e. The summed E-state index contributed by atoms with van der Waals surface area (Å²) in [6, 6.07) is 26.3. The Bertz CT molecular complexity index is 1110. The van der Waals surface area contributed by atoms with Crippen molar-refractivity contribution in [2.75, 3.05) is 0 Å². The minimum atomic E-state index is 0.0341. The molecule has 122 valence electrons. The predicted molar refractivity (Wildman–Crippen MR) is 105 cm³/mol. The van der Waals surface area contributed by atoms with Crippen molar-refractivity contribution in [3.63, 3.8) is 0 Å². The van der Waals surface area contributed by atoms with Crippen LogP contribution in [0.5, 0.6) is 0 Å². The summed E-state index contributed by atoms with van der Waals surface area (Å²) in [4.78, 5) is 13.3. The third-order valence-electron chi connectivity index (χ3n) is 4.74. The van der Waals surface area contributed by atoms with Crippen LogP contribution in [-0.4, -0.2) is 4.57 Å². The number of hydrogen-bond donors (Lipinski definition) is 0. The highest BCUT2D eigenvalue weighted by atomic mass is 16.1. The van der Waals surface area contributed by atoms with E-state index in [2.05, 4.69) is 37.3 Å². The van der Waals surface area contributed by atoms with E-state index in [4.69, 9.17) is 0 Å². The molecule has 0 bridgehead atoms. The molecule has 0 N–H and O–H groups in total. The van der Waals surface area contributed by atoms with E-state index in [0.717, 1.165) is 38.7 Å². The summed E-state index contributed by atoms with van der Waals surface area (Å²) in [6.07, 6.45) is 0. The first kappa shape index (κ1) is 15.4. The van der Waals surface area contributed by atoms with Crippen molar-refractivity contribution in [1.29, 1.82) is 0 Å². The van der Waals surface area contributed by atoms with E-state index < -0.39 is 0 Å². The molecule has 0 fully saturated rings. The number of pyridine rings is 1. The van der Waals surface area contributed by atoms with Gasteiger partial charge < -0.3 is 4.57 Å². The zero-order valence-electron chi connectivity index (χ0n) is 14.4. The van der Waals surface area contributed by atoms with Gasteiger partial charge in [-0.25, -0.2) is 0 Å². The molecule has 0 saturated carbocycles. The zero-order chi connectivity index (χ0) is 17.4. The number of para-hydroxylation sites is 1. The summed E-state index contributed by atoms with van der Waals surface area (Å²) >= 11 is 0. The summed E-state index contributed by atoms with van der Waals surface area (Å²) in [5.74, 6) is 0. The fraction of sp³-hybridized carbons (Fsp3) is 0.0870. The lowest BCUT2D eigenvalue weighted by atomic mass is 9.91. The second kappa shape index (κ2) is 6.06. The number of fused-ring (bicyclic) bond motifs is 1. The van der Waals surface area contributed by atoms with Crippen LogP contribution in [0, 0.1) is 6.92 Å². The molecule has 0 spiro atoms. The van der Waals surface area contributed by atoms with Crippen LogP contribution in [0.2, 0.25) is 0 Å². The molecular weight excluding hydrogens is 306 g/mol. The van der Waals surface area contributed by atoms with Gasteiger partial charge in [-0.2, -0.15) is 0 Å². The number of aromatic nitrogens is 1. The largest absolute Gasteiger partial charge is 0.311 e. The Morgan fingerprint density at radius 3 is 1.84 bits per heavy atom. The van der Waals surface area contributed by atoms with E-state index in [1.165, 1.54) is 0 Å². The molecule has 0 aliphatic carbocycles. The molecule has 2 heteroatoms. The third kappa shape index (κ3) is 2.47. The fourth-order valence-electron chi connectivity index (χ4n) is 3.59. The predicted octanol–water partition coefficient (Wildman–Crippen LogP) is 5.18. The van der Waals surface area contributed by atoms with Gasteiger partial charge in [-0.15, -0.1) is 0 Å². The second-order valence-electron chi connectivity index (χ2n) is 6.32. The lowest BCUT2D eigenvalue weighted by molar-refractivity contribution is 0.905. The Hall–Kier alpha value is -3.13. The molecule has 3 aromatic carbocycles. The van der Waals surface area contributed by atoms with Gasteiger partial charge in [0.2, 0.25) is 0 Å². The molecule has 0 atom stereocenters. The highest BCUT2D eigenvalue weighted by Gasteiger charge is 2.18. The number of benzene rings is 3. The fourth-order valence-corrected chi connectivity index (χ4v) is 3.59. The lowest BCUT2D eigenvalue weighted by Crippen LogP contribution is -2.21. The van der Waals surface area contributed by atoms with Crippen LogP contribution in [0.1, 0.15) is 5.56 Å². The lowest BCUT2D eigenvalue weighted by Gasteiger charge is -2.17. The molecule has 1 aromatic heterocycles. The van der Waals surface area contributed by atoms with Crippen molar-refractivity contribution < 1.29 is 0 Å². The Balaban J connectivity index is 2.25. The summed E-state index contributed by atoms with van der Waals surface area (Å²) in [6.45, 7) is 2.05. The average Bonchev–Trinajstić information content (AvgIpc) is 2.65. The summed E-state index contributed by atoms with van der Waals surface area (Å²) in [5.41, 5.74) is 5.91. The van der Waals surface area contributed by atoms with Crippen molar-refractivity contribution in [3.8, 4) is 22.3 Å². The molecule has 0 aliphatic heterocycles. The highest BCUT2D eigenvalue weighted by molar-refractivity contribution is 6.03. The molecule has 4 aromatic rings. The second-order valence-corrected chi connectivity index (χ2v) is 6.32. The van der Waals surface area contributed by atoms with Gasteiger partial charge >= 0.3 is 0 Å². The van der Waals surface area contributed by atoms with Crippen molar-refractivity contribution in [2.45, 2.75) is 6.92 Å². The molecule has 25 heavy (non-hydrogen) atoms. The molecule has 0 radical (unpaired) electrons. The minimum absolute atomic E-state index is 0.0341. The standard InChI is InChI=1S/C23H19NO/c1-16-10-9-15-19-20(17-11-5-3-6-12-17)21(18-13-7-4-8-14-18)23(25)24(2)22(16)19/h3-15H,1-2H3. The molecule has 0 aliphatic rings. The van der Waals surface area contributed by atoms with Gasteiger partial charge in [0, 0.05) is 18.0 Å². The number of rotatable bonds is 2. The van der Waals surface area contributed by atoms with Crippen molar-refractivity contribution in [1.82, 2.24) is 4.57 Å². The van der Waals surface area contributed by atoms with E-state index in [9.17, 15) is 4.79 Å². The van der Waals surface area contributed by atoms with Crippen LogP contribution in [0.4, 0.5) is 0 Å². The van der Waals surface area contributed by atoms with Gasteiger partial charge in [0.15, 0.2) is 0 Å². The first-order valence-corrected chi connectivity index (χ1v) is 8.41. The van der Waals surface area contributed by atoms with Gasteiger partial charge in [0.25, 0.3) is 5.56 Å². The van der Waals surface area contributed by atoms with Gasteiger partial charge in [-0.05, 0) is 23.6 Å². The number of aryl methyl sites for hydroxylation is 2. The van der Waals surface area contributed by atoms with E-state index in [1.54, 1.807) is 4.57 Å². The third-order valence-corrected chi connectivity index (χ3v) is 4.74. The monoisotopic (exact) mass is 325 g/mol. The van der Waals surface area contributed by atoms with E-state index in [1.807, 2.05) is 55.6 Å². The Labute approximate surface area is 147 Å². The first-order valence-electron chi connectivity index (χ1n) is 8.41. The zero-order valence-corrected chi connectivity index (χ0v) is 14.4. The summed E-state index contributed by atoms with van der Waals surface area (Å²) < 4.78 is 1.78. The van der Waals surface area contributed by atoms with E-state index in [0.29, 0.717) is 0 Å². The maximum absolute atomic E-state index is 13.3. The summed E-state index contributed by atoms with van der Waals surface area (Å²) in [5, 5.41) is 1.10. The Kier molecular flexibility index (Phi) is 3.73. The molecular formula is C23H19NO. The van der Waals surface area contributed by atoms with E-state index in [-0.39, 0.29) is 5.56 Å². The van der Waals surface area contributed by atoms with Crippen molar-refractivity contribution in [3.05, 3.63) is 94.8 Å². The molecule has 0 unspecified atom stereocenters.